The van der Waals surface area contributed by atoms with E-state index >= 15 is 0 Å². The van der Waals surface area contributed by atoms with E-state index in [2.05, 4.69) is 12.2 Å². The van der Waals surface area contributed by atoms with Gasteiger partial charge in [0, 0.05) is 39.3 Å². The summed E-state index contributed by atoms with van der Waals surface area (Å²) in [6, 6.07) is -0.526. The van der Waals surface area contributed by atoms with Gasteiger partial charge in [-0.2, -0.15) is 0 Å². The standard InChI is InChI=1S/C33H62BNO7/c1-5-7-8-9-10-11-12-13-14-15-16-17-20-23-29(36)41-27(3)33(37)35-24-21-18-19-22-25-40-31-30(39-6-2)28(26-38-4)42-32(31)34/h27-28,30-32H,5-26H2,1-4H3,(H,35,37). The topological polar surface area (TPSA) is 92.3 Å². The maximum Gasteiger partial charge on any atom is 0.306 e. The minimum atomic E-state index is -0.758. The second-order valence-electron chi connectivity index (χ2n) is 11.7. The van der Waals surface area contributed by atoms with Crippen LogP contribution < -0.4 is 5.32 Å². The summed E-state index contributed by atoms with van der Waals surface area (Å²) in [5.74, 6) is -0.520. The zero-order valence-electron chi connectivity index (χ0n) is 27.4. The molecule has 0 bridgehead atoms. The minimum Gasteiger partial charge on any atom is -0.453 e. The molecular weight excluding hydrogens is 533 g/mol. The number of carbonyl (C=O) groups excluding carboxylic acids is 2. The van der Waals surface area contributed by atoms with Gasteiger partial charge < -0.3 is 29.0 Å². The fraction of sp³-hybridized carbons (Fsp3) is 0.939. The van der Waals surface area contributed by atoms with Gasteiger partial charge in [0.1, 0.15) is 26.2 Å². The molecule has 1 rings (SSSR count). The summed E-state index contributed by atoms with van der Waals surface area (Å²) >= 11 is 0. The summed E-state index contributed by atoms with van der Waals surface area (Å²) in [5.41, 5.74) is 0. The number of unbranched alkanes of at least 4 members (excludes halogenated alkanes) is 15. The Morgan fingerprint density at radius 3 is 1.95 bits per heavy atom. The van der Waals surface area contributed by atoms with Crippen LogP contribution in [0, 0.1) is 0 Å². The molecule has 42 heavy (non-hydrogen) atoms. The van der Waals surface area contributed by atoms with Gasteiger partial charge in [-0.1, -0.05) is 96.8 Å². The van der Waals surface area contributed by atoms with Gasteiger partial charge >= 0.3 is 5.97 Å². The second kappa shape index (κ2) is 26.3. The first kappa shape index (κ1) is 38.9. The van der Waals surface area contributed by atoms with Crippen LogP contribution >= 0.6 is 0 Å². The smallest absolute Gasteiger partial charge is 0.306 e. The van der Waals surface area contributed by atoms with Crippen LogP contribution in [0.3, 0.4) is 0 Å². The molecule has 244 valence electrons. The van der Waals surface area contributed by atoms with Crippen LogP contribution in [0.4, 0.5) is 0 Å². The third-order valence-corrected chi connectivity index (χ3v) is 7.88. The number of methoxy groups -OCH3 is 1. The van der Waals surface area contributed by atoms with E-state index in [1.54, 1.807) is 14.0 Å². The molecule has 1 N–H and O–H groups in total. The highest BCUT2D eigenvalue weighted by Crippen LogP contribution is 2.26. The van der Waals surface area contributed by atoms with Crippen LogP contribution in [0.5, 0.6) is 0 Å². The first-order valence-corrected chi connectivity index (χ1v) is 17.0. The molecule has 0 aromatic rings. The number of hydrogen-bond acceptors (Lipinski definition) is 7. The van der Waals surface area contributed by atoms with Crippen LogP contribution in [0.15, 0.2) is 0 Å². The fourth-order valence-corrected chi connectivity index (χ4v) is 5.39. The maximum atomic E-state index is 12.3. The molecule has 8 nitrogen and oxygen atoms in total. The van der Waals surface area contributed by atoms with Crippen molar-refractivity contribution in [1.29, 1.82) is 0 Å². The highest BCUT2D eigenvalue weighted by atomic mass is 16.6. The van der Waals surface area contributed by atoms with E-state index in [9.17, 15) is 9.59 Å². The van der Waals surface area contributed by atoms with E-state index in [0.717, 1.165) is 44.9 Å². The van der Waals surface area contributed by atoms with E-state index < -0.39 is 12.1 Å². The number of amides is 1. The van der Waals surface area contributed by atoms with Crippen molar-refractivity contribution in [2.45, 2.75) is 167 Å². The lowest BCUT2D eigenvalue weighted by Crippen LogP contribution is -2.39. The van der Waals surface area contributed by atoms with Crippen molar-refractivity contribution >= 4 is 19.7 Å². The summed E-state index contributed by atoms with van der Waals surface area (Å²) in [6.45, 7) is 7.95. The first-order chi connectivity index (χ1) is 20.4. The van der Waals surface area contributed by atoms with Gasteiger partial charge in [0.15, 0.2) is 6.10 Å². The van der Waals surface area contributed by atoms with Gasteiger partial charge in [-0.15, -0.1) is 0 Å². The van der Waals surface area contributed by atoms with Gasteiger partial charge in [0.2, 0.25) is 0 Å². The lowest BCUT2D eigenvalue weighted by atomic mass is 9.92. The van der Waals surface area contributed by atoms with Crippen LogP contribution in [0.1, 0.15) is 136 Å². The van der Waals surface area contributed by atoms with Crippen molar-refractivity contribution in [3.8, 4) is 0 Å². The Hall–Kier alpha value is -1.16. The van der Waals surface area contributed by atoms with Gasteiger partial charge in [0.25, 0.3) is 5.91 Å². The Morgan fingerprint density at radius 1 is 0.786 bits per heavy atom. The number of rotatable bonds is 28. The maximum absolute atomic E-state index is 12.3. The van der Waals surface area contributed by atoms with Crippen molar-refractivity contribution in [1.82, 2.24) is 5.32 Å². The normalized spacial score (nSPS) is 21.0. The van der Waals surface area contributed by atoms with E-state index in [-0.39, 0.29) is 30.2 Å². The van der Waals surface area contributed by atoms with E-state index in [1.165, 1.54) is 64.2 Å². The average Bonchev–Trinajstić information content (AvgIpc) is 3.26. The Kier molecular flexibility index (Phi) is 24.3. The summed E-state index contributed by atoms with van der Waals surface area (Å²) < 4.78 is 28.1. The summed E-state index contributed by atoms with van der Waals surface area (Å²) in [6.07, 6.45) is 19.0. The molecule has 1 aliphatic heterocycles. The first-order valence-electron chi connectivity index (χ1n) is 17.0. The summed E-state index contributed by atoms with van der Waals surface area (Å²) in [4.78, 5) is 24.4. The fourth-order valence-electron chi connectivity index (χ4n) is 5.39. The highest BCUT2D eigenvalue weighted by Gasteiger charge is 2.43. The van der Waals surface area contributed by atoms with Crippen LogP contribution in [-0.4, -0.2) is 83.6 Å². The predicted molar refractivity (Wildman–Crippen MR) is 169 cm³/mol. The van der Waals surface area contributed by atoms with Gasteiger partial charge in [-0.05, 0) is 33.1 Å². The molecule has 5 atom stereocenters. The molecule has 2 radical (unpaired) electrons. The molecule has 0 spiro atoms. The van der Waals surface area contributed by atoms with Crippen molar-refractivity contribution in [3.63, 3.8) is 0 Å². The lowest BCUT2D eigenvalue weighted by Gasteiger charge is -2.23. The zero-order chi connectivity index (χ0) is 30.8. The van der Waals surface area contributed by atoms with Crippen molar-refractivity contribution < 1.29 is 33.3 Å². The Bertz CT molecular complexity index is 668. The number of carbonyl (C=O) groups is 2. The van der Waals surface area contributed by atoms with Crippen LogP contribution in [-0.2, 0) is 33.3 Å². The third kappa shape index (κ3) is 18.5. The molecule has 9 heteroatoms. The molecule has 1 amide bonds. The van der Waals surface area contributed by atoms with E-state index in [0.29, 0.717) is 32.8 Å². The third-order valence-electron chi connectivity index (χ3n) is 7.88. The second-order valence-corrected chi connectivity index (χ2v) is 11.7. The average molecular weight is 596 g/mol. The number of nitrogens with one attached hydrogen (secondary N) is 1. The summed E-state index contributed by atoms with van der Waals surface area (Å²) in [5, 5.41) is 2.87. The highest BCUT2D eigenvalue weighted by molar-refractivity contribution is 6.11. The predicted octanol–water partition coefficient (Wildman–Crippen LogP) is 6.41. The SMILES string of the molecule is [B]C1OC(COC)C(OCC)C1OCCCCCCNC(=O)C(C)OC(=O)CCCCCCCCCCCCCCC. The van der Waals surface area contributed by atoms with Crippen LogP contribution in [0.2, 0.25) is 0 Å². The van der Waals surface area contributed by atoms with Gasteiger partial charge in [0.05, 0.1) is 6.61 Å². The Labute approximate surface area is 258 Å². The minimum absolute atomic E-state index is 0.223. The molecule has 1 fully saturated rings. The number of ether oxygens (including phenoxy) is 5. The van der Waals surface area contributed by atoms with Crippen molar-refractivity contribution in [2.24, 2.45) is 0 Å². The molecule has 1 heterocycles. The van der Waals surface area contributed by atoms with Crippen molar-refractivity contribution in [3.05, 3.63) is 0 Å². The molecule has 0 aromatic heterocycles. The van der Waals surface area contributed by atoms with E-state index in [1.807, 2.05) is 6.92 Å². The molecule has 5 unspecified atom stereocenters. The molecular formula is C33H62BNO7. The Balaban J connectivity index is 1.98. The molecule has 1 aliphatic rings. The molecule has 1 saturated heterocycles. The Morgan fingerprint density at radius 2 is 1.36 bits per heavy atom. The molecule has 0 saturated carbocycles. The zero-order valence-corrected chi connectivity index (χ0v) is 27.4. The monoisotopic (exact) mass is 595 g/mol. The molecule has 0 aliphatic carbocycles. The lowest BCUT2D eigenvalue weighted by molar-refractivity contribution is -0.154. The van der Waals surface area contributed by atoms with Gasteiger partial charge in [-0.3, -0.25) is 9.59 Å². The van der Waals surface area contributed by atoms with Gasteiger partial charge in [-0.25, -0.2) is 0 Å². The van der Waals surface area contributed by atoms with Crippen molar-refractivity contribution in [2.75, 3.05) is 33.5 Å². The summed E-state index contributed by atoms with van der Waals surface area (Å²) in [7, 11) is 7.73. The largest absolute Gasteiger partial charge is 0.453 e. The van der Waals surface area contributed by atoms with Crippen LogP contribution in [0.25, 0.3) is 0 Å². The quantitative estimate of drug-likeness (QED) is 0.0635. The molecule has 0 aromatic carbocycles. The number of esters is 1. The number of hydrogen-bond donors (Lipinski definition) is 1. The van der Waals surface area contributed by atoms with E-state index in [4.69, 9.17) is 31.5 Å².